The number of fused-ring (bicyclic) bond motifs is 1. The number of amides is 3. The molecular weight excluding hydrogens is 1030 g/mol. The van der Waals surface area contributed by atoms with Crippen LogP contribution in [0.15, 0.2) is 59.5 Å². The molecule has 2 aromatic heterocycles. The van der Waals surface area contributed by atoms with Gasteiger partial charge in [-0.25, -0.2) is 23.3 Å². The third-order valence-corrected chi connectivity index (χ3v) is 13.3. The molecule has 3 unspecified atom stereocenters. The molecule has 5 rings (SSSR count). The number of hydrogen-bond acceptors (Lipinski definition) is 19. The molecule has 0 bridgehead atoms. The molecule has 0 spiro atoms. The van der Waals surface area contributed by atoms with E-state index in [1.165, 1.54) is 29.0 Å². The highest BCUT2D eigenvalue weighted by molar-refractivity contribution is 7.66. The molecule has 1 saturated heterocycles. The standard InChI is InChI=1S/C39H46N7O23P3/c40-30-15-27-34(37(51)45-30)22(17-46(27)33-16-28(47)29(67-33)18-66-71(59,60)69-72(61,62)68-70(56,57)58)4-2-6-42-32(48)20-63-9-10-64-31(41)19-65-26-5-1-3-21(14-26)35(49)43-7-8-44-36(50)23-11-24(38(52)53)13-25(12-23)39(54)55/h1,3,5,11-15,17,28-29,31,33,47H,6-10,16,18-20,41H2,(H,42,48)(H,43,49)(H,44,50)(H,52,53)(H,54,55)(H,59,60)(H,61,62)(H3,40,45,51)(H2,56,57,58)/t28-,29+,31?,33+/m0/s1. The fourth-order valence-electron chi connectivity index (χ4n) is 6.41. The van der Waals surface area contributed by atoms with Crippen LogP contribution in [0.1, 0.15) is 59.6 Å². The van der Waals surface area contributed by atoms with Crippen molar-refractivity contribution in [1.82, 2.24) is 25.5 Å². The summed E-state index contributed by atoms with van der Waals surface area (Å²) < 4.78 is 70.1. The van der Waals surface area contributed by atoms with Gasteiger partial charge in [0, 0.05) is 42.9 Å². The molecule has 2 aromatic carbocycles. The highest BCUT2D eigenvalue weighted by atomic mass is 31.3. The Labute approximate surface area is 404 Å². The molecule has 33 heteroatoms. The quantitative estimate of drug-likeness (QED) is 0.0169. The first-order chi connectivity index (χ1) is 33.8. The number of hydrogen-bond donors (Lipinski definition) is 13. The molecule has 6 atom stereocenters. The molecule has 1 aliphatic rings. The number of phosphoric ester groups is 1. The van der Waals surface area contributed by atoms with Crippen molar-refractivity contribution in [2.45, 2.75) is 31.1 Å². The van der Waals surface area contributed by atoms with Crippen LogP contribution in [-0.4, -0.2) is 145 Å². The lowest BCUT2D eigenvalue weighted by molar-refractivity contribution is -0.126. The van der Waals surface area contributed by atoms with Gasteiger partial charge in [0.2, 0.25) is 5.91 Å². The first-order valence-electron chi connectivity index (χ1n) is 20.6. The number of carbonyl (C=O) groups excluding carboxylic acids is 3. The monoisotopic (exact) mass is 1070 g/mol. The summed E-state index contributed by atoms with van der Waals surface area (Å²) in [5, 5.41) is 36.7. The fraction of sp³-hybridized carbons (Fsp3) is 0.333. The van der Waals surface area contributed by atoms with E-state index in [0.717, 1.165) is 18.2 Å². The van der Waals surface area contributed by atoms with Crippen molar-refractivity contribution < 1.29 is 105 Å². The van der Waals surface area contributed by atoms with Crippen molar-refractivity contribution >= 4 is 69.8 Å². The summed E-state index contributed by atoms with van der Waals surface area (Å²) in [5.41, 5.74) is 10.8. The van der Waals surface area contributed by atoms with Crippen LogP contribution in [0.3, 0.4) is 0 Å². The van der Waals surface area contributed by atoms with Crippen LogP contribution < -0.4 is 37.7 Å². The second-order valence-corrected chi connectivity index (χ2v) is 19.3. The zero-order valence-electron chi connectivity index (χ0n) is 37.0. The van der Waals surface area contributed by atoms with Gasteiger partial charge < -0.3 is 90.8 Å². The van der Waals surface area contributed by atoms with E-state index in [0.29, 0.717) is 0 Å². The van der Waals surface area contributed by atoms with Crippen molar-refractivity contribution in [3.8, 4) is 17.6 Å². The SMILES string of the molecule is Nc1cc2c(c(C#CCNC(=O)COCCOC(N)COc3cccc(C(=O)NCCNC(=O)c4cc(C(=O)O)cc(C(=O)O)c4)c3)cn2[C@H]2C[C@H](O)[C@@H](COP(=O)(O)OP(=O)(O)OP(=O)(O)O)O2)c(=O)[nH]1. The number of nitrogens with zero attached hydrogens (tertiary/aromatic N) is 1. The summed E-state index contributed by atoms with van der Waals surface area (Å²) in [6.45, 7) is -1.87. The number of carboxylic acids is 2. The smallest absolute Gasteiger partial charge is 0.489 e. The third-order valence-electron chi connectivity index (χ3n) is 9.47. The maximum Gasteiger partial charge on any atom is 0.490 e. The number of nitrogen functional groups attached to an aromatic ring is 1. The molecule has 0 radical (unpaired) electrons. The number of carbonyl (C=O) groups is 5. The average molecular weight is 1070 g/mol. The first-order valence-corrected chi connectivity index (χ1v) is 25.1. The molecule has 390 valence electrons. The first kappa shape index (κ1) is 56.6. The number of ether oxygens (including phenoxy) is 4. The number of carboxylic acid groups (broad SMARTS) is 2. The van der Waals surface area contributed by atoms with Gasteiger partial charge in [0.1, 0.15) is 43.3 Å². The Hall–Kier alpha value is -6.35. The number of anilines is 1. The Kier molecular flexibility index (Phi) is 19.5. The Morgan fingerprint density at radius 1 is 0.875 bits per heavy atom. The lowest BCUT2D eigenvalue weighted by atomic mass is 10.1. The van der Waals surface area contributed by atoms with Gasteiger partial charge in [0.15, 0.2) is 0 Å². The number of aliphatic hydroxyl groups excluding tert-OH is 1. The molecular formula is C39H46N7O23P3. The van der Waals surface area contributed by atoms with Crippen molar-refractivity contribution in [2.24, 2.45) is 5.73 Å². The molecule has 0 aliphatic carbocycles. The van der Waals surface area contributed by atoms with E-state index in [1.807, 2.05) is 0 Å². The van der Waals surface area contributed by atoms with Gasteiger partial charge in [-0.1, -0.05) is 17.9 Å². The number of rotatable bonds is 25. The highest BCUT2D eigenvalue weighted by Gasteiger charge is 2.43. The van der Waals surface area contributed by atoms with Crippen LogP contribution in [0.2, 0.25) is 0 Å². The highest BCUT2D eigenvalue weighted by Crippen LogP contribution is 2.66. The predicted molar refractivity (Wildman–Crippen MR) is 243 cm³/mol. The minimum atomic E-state index is -5.79. The molecule has 15 N–H and O–H groups in total. The molecule has 4 aromatic rings. The zero-order valence-corrected chi connectivity index (χ0v) is 39.7. The Morgan fingerprint density at radius 2 is 1.53 bits per heavy atom. The summed E-state index contributed by atoms with van der Waals surface area (Å²) in [5.74, 6) is 1.03. The minimum Gasteiger partial charge on any atom is -0.489 e. The Balaban J connectivity index is 1.01. The third kappa shape index (κ3) is 17.2. The normalized spacial score (nSPS) is 17.7. The number of phosphoric acid groups is 3. The number of nitrogens with one attached hydrogen (secondary N) is 4. The van der Waals surface area contributed by atoms with Crippen molar-refractivity contribution in [3.63, 3.8) is 0 Å². The van der Waals surface area contributed by atoms with E-state index in [1.54, 1.807) is 12.1 Å². The molecule has 30 nitrogen and oxygen atoms in total. The van der Waals surface area contributed by atoms with E-state index in [-0.39, 0.29) is 96.2 Å². The Morgan fingerprint density at radius 3 is 2.18 bits per heavy atom. The summed E-state index contributed by atoms with van der Waals surface area (Å²) in [4.78, 5) is 112. The Bertz CT molecular complexity index is 2920. The van der Waals surface area contributed by atoms with E-state index >= 15 is 0 Å². The van der Waals surface area contributed by atoms with Crippen molar-refractivity contribution in [3.05, 3.63) is 92.9 Å². The van der Waals surface area contributed by atoms with E-state index in [2.05, 4.69) is 45.9 Å². The van der Waals surface area contributed by atoms with Crippen LogP contribution in [0.25, 0.3) is 10.9 Å². The predicted octanol–water partition coefficient (Wildman–Crippen LogP) is -0.676. The van der Waals surface area contributed by atoms with Gasteiger partial charge in [-0.05, 0) is 36.4 Å². The van der Waals surface area contributed by atoms with Gasteiger partial charge in [0.25, 0.3) is 17.4 Å². The lowest BCUT2D eigenvalue weighted by Crippen LogP contribution is -2.35. The van der Waals surface area contributed by atoms with E-state index in [9.17, 15) is 67.6 Å². The van der Waals surface area contributed by atoms with E-state index < -0.39 is 96.6 Å². The second kappa shape index (κ2) is 24.9. The van der Waals surface area contributed by atoms with Crippen LogP contribution in [-0.2, 0) is 45.8 Å². The zero-order chi connectivity index (χ0) is 53.0. The van der Waals surface area contributed by atoms with Crippen LogP contribution in [0.5, 0.6) is 5.75 Å². The van der Waals surface area contributed by atoms with Gasteiger partial charge >= 0.3 is 35.4 Å². The summed E-state index contributed by atoms with van der Waals surface area (Å²) in [7, 11) is -16.9. The number of aromatic amines is 1. The van der Waals surface area contributed by atoms with Crippen LogP contribution >= 0.6 is 23.5 Å². The number of aliphatic hydroxyl groups is 1. The number of benzene rings is 2. The van der Waals surface area contributed by atoms with E-state index in [4.69, 9.17) is 40.2 Å². The molecule has 0 saturated carbocycles. The molecule has 3 amide bonds. The fourth-order valence-corrected chi connectivity index (χ4v) is 9.44. The molecule has 1 fully saturated rings. The number of nitrogens with two attached hydrogens (primary N) is 2. The number of H-pyrrole nitrogens is 1. The van der Waals surface area contributed by atoms with Crippen molar-refractivity contribution in [1.29, 1.82) is 0 Å². The van der Waals surface area contributed by atoms with Gasteiger partial charge in [-0.3, -0.25) is 23.7 Å². The number of aromatic carboxylic acids is 2. The maximum atomic E-state index is 12.9. The lowest BCUT2D eigenvalue weighted by Gasteiger charge is -2.19. The minimum absolute atomic E-state index is 0.0326. The average Bonchev–Trinajstić information content (AvgIpc) is 3.85. The number of aromatic nitrogens is 2. The van der Waals surface area contributed by atoms with Gasteiger partial charge in [0.05, 0.1) is 60.1 Å². The number of pyridine rings is 1. The van der Waals surface area contributed by atoms with Crippen LogP contribution in [0, 0.1) is 11.8 Å². The molecule has 72 heavy (non-hydrogen) atoms. The van der Waals surface area contributed by atoms with Crippen LogP contribution in [0.4, 0.5) is 5.82 Å². The largest absolute Gasteiger partial charge is 0.490 e. The molecule has 1 aliphatic heterocycles. The molecule has 3 heterocycles. The summed E-state index contributed by atoms with van der Waals surface area (Å²) >= 11 is 0. The van der Waals surface area contributed by atoms with Gasteiger partial charge in [-0.15, -0.1) is 0 Å². The van der Waals surface area contributed by atoms with Crippen molar-refractivity contribution in [2.75, 3.05) is 58.4 Å². The topological polar surface area (TPSA) is 469 Å². The maximum absolute atomic E-state index is 12.9. The summed E-state index contributed by atoms with van der Waals surface area (Å²) in [6.07, 6.45) is -3.59. The second-order valence-electron chi connectivity index (χ2n) is 14.9. The van der Waals surface area contributed by atoms with Gasteiger partial charge in [-0.2, -0.15) is 8.62 Å². The summed E-state index contributed by atoms with van der Waals surface area (Å²) in [6, 6.07) is 10.4.